The van der Waals surface area contributed by atoms with Gasteiger partial charge in [-0.2, -0.15) is 0 Å². The summed E-state index contributed by atoms with van der Waals surface area (Å²) in [6.07, 6.45) is 1.73. The van der Waals surface area contributed by atoms with Crippen LogP contribution in [0.5, 0.6) is 0 Å². The third-order valence-electron chi connectivity index (χ3n) is 4.53. The quantitative estimate of drug-likeness (QED) is 0.581. The van der Waals surface area contributed by atoms with Crippen LogP contribution in [0, 0.1) is 0 Å². The second-order valence-electron chi connectivity index (χ2n) is 6.48. The van der Waals surface area contributed by atoms with E-state index in [0.717, 1.165) is 33.4 Å². The maximum atomic E-state index is 12.6. The zero-order valence-electron chi connectivity index (χ0n) is 15.0. The fourth-order valence-corrected chi connectivity index (χ4v) is 4.01. The summed E-state index contributed by atoms with van der Waals surface area (Å²) in [7, 11) is -0.473. The average Bonchev–Trinajstić information content (AvgIpc) is 3.12. The van der Waals surface area contributed by atoms with Crippen LogP contribution >= 0.6 is 0 Å². The summed E-state index contributed by atoms with van der Waals surface area (Å²) in [5, 5.41) is 1.07. The largest absolute Gasteiger partial charge is 0.355 e. The Hall–Kier alpha value is -2.96. The maximum absolute atomic E-state index is 12.6. The van der Waals surface area contributed by atoms with E-state index in [1.807, 2.05) is 54.6 Å². The van der Waals surface area contributed by atoms with Gasteiger partial charge >= 0.3 is 0 Å². The zero-order chi connectivity index (χ0) is 19.0. The minimum atomic E-state index is -3.54. The van der Waals surface area contributed by atoms with Crippen LogP contribution in [0.1, 0.15) is 0 Å². The zero-order valence-corrected chi connectivity index (χ0v) is 15.9. The number of rotatable bonds is 4. The number of pyridine rings is 1. The molecule has 6 heteroatoms. The van der Waals surface area contributed by atoms with Crippen LogP contribution in [0.25, 0.3) is 33.4 Å². The van der Waals surface area contributed by atoms with Gasteiger partial charge in [0.05, 0.1) is 10.6 Å². The number of H-pyrrole nitrogens is 1. The van der Waals surface area contributed by atoms with Crippen LogP contribution in [-0.4, -0.2) is 36.8 Å². The Morgan fingerprint density at radius 3 is 2.37 bits per heavy atom. The van der Waals surface area contributed by atoms with Crippen molar-refractivity contribution in [1.82, 2.24) is 14.3 Å². The van der Waals surface area contributed by atoms with Gasteiger partial charge in [0.15, 0.2) is 0 Å². The van der Waals surface area contributed by atoms with E-state index in [9.17, 15) is 8.42 Å². The van der Waals surface area contributed by atoms with Gasteiger partial charge in [-0.3, -0.25) is 4.98 Å². The van der Waals surface area contributed by atoms with Gasteiger partial charge < -0.3 is 4.98 Å². The Kier molecular flexibility index (Phi) is 4.30. The summed E-state index contributed by atoms with van der Waals surface area (Å²) in [6, 6.07) is 20.9. The van der Waals surface area contributed by atoms with Crippen LogP contribution in [0.15, 0.2) is 77.8 Å². The Balaban J connectivity index is 1.98. The summed E-state index contributed by atoms with van der Waals surface area (Å²) in [5.41, 5.74) is 4.32. The summed E-state index contributed by atoms with van der Waals surface area (Å²) >= 11 is 0. The molecule has 0 saturated heterocycles. The molecule has 0 aliphatic rings. The lowest BCUT2D eigenvalue weighted by Crippen LogP contribution is -2.22. The van der Waals surface area contributed by atoms with Crippen molar-refractivity contribution in [3.63, 3.8) is 0 Å². The summed E-state index contributed by atoms with van der Waals surface area (Å²) in [5.74, 6) is 0. The average molecular weight is 377 g/mol. The van der Waals surface area contributed by atoms with Crippen LogP contribution in [0.3, 0.4) is 0 Å². The molecule has 1 N–H and O–H groups in total. The second-order valence-corrected chi connectivity index (χ2v) is 8.63. The van der Waals surface area contributed by atoms with E-state index in [4.69, 9.17) is 0 Å². The molecular formula is C21H19N3O2S. The first-order valence-electron chi connectivity index (χ1n) is 8.53. The minimum absolute atomic E-state index is 0.251. The smallest absolute Gasteiger partial charge is 0.242 e. The second kappa shape index (κ2) is 6.64. The number of aromatic nitrogens is 2. The molecule has 0 atom stereocenters. The molecule has 0 amide bonds. The van der Waals surface area contributed by atoms with Gasteiger partial charge in [-0.15, -0.1) is 0 Å². The third-order valence-corrected chi connectivity index (χ3v) is 6.34. The SMILES string of the molecule is CN(C)S(=O)(=O)c1ccc(-c2ccccn2)c(-c2cc3ccccc3[nH]2)c1. The number of aromatic amines is 1. The van der Waals surface area contributed by atoms with Crippen molar-refractivity contribution in [2.75, 3.05) is 14.1 Å². The third kappa shape index (κ3) is 3.13. The molecule has 0 fully saturated rings. The lowest BCUT2D eigenvalue weighted by molar-refractivity contribution is 0.521. The Bertz CT molecular complexity index is 1180. The predicted octanol–water partition coefficient (Wildman–Crippen LogP) is 4.15. The summed E-state index contributed by atoms with van der Waals surface area (Å²) in [4.78, 5) is 8.09. The molecule has 0 saturated carbocycles. The number of nitrogens with zero attached hydrogens (tertiary/aromatic N) is 2. The lowest BCUT2D eigenvalue weighted by atomic mass is 10.0. The molecule has 0 bridgehead atoms. The lowest BCUT2D eigenvalue weighted by Gasteiger charge is -2.14. The standard InChI is InChI=1S/C21H19N3O2S/c1-24(2)27(25,26)16-10-11-17(20-9-5-6-12-22-20)18(14-16)21-13-15-7-3-4-8-19(15)23-21/h3-14,23H,1-2H3. The number of benzene rings is 2. The highest BCUT2D eigenvalue weighted by molar-refractivity contribution is 7.89. The van der Waals surface area contributed by atoms with Crippen molar-refractivity contribution in [3.05, 3.63) is 72.9 Å². The number of para-hydroxylation sites is 1. The van der Waals surface area contributed by atoms with Crippen molar-refractivity contribution in [2.24, 2.45) is 0 Å². The Labute approximate surface area is 158 Å². The van der Waals surface area contributed by atoms with Crippen molar-refractivity contribution < 1.29 is 8.42 Å². The normalized spacial score (nSPS) is 12.0. The van der Waals surface area contributed by atoms with Crippen molar-refractivity contribution >= 4 is 20.9 Å². The van der Waals surface area contributed by atoms with Gasteiger partial charge in [0, 0.05) is 48.0 Å². The van der Waals surface area contributed by atoms with Gasteiger partial charge in [0.1, 0.15) is 0 Å². The molecule has 0 spiro atoms. The van der Waals surface area contributed by atoms with E-state index in [2.05, 4.69) is 9.97 Å². The minimum Gasteiger partial charge on any atom is -0.355 e. The van der Waals surface area contributed by atoms with Crippen LogP contribution in [-0.2, 0) is 10.0 Å². The van der Waals surface area contributed by atoms with Crippen LogP contribution in [0.2, 0.25) is 0 Å². The molecule has 2 heterocycles. The summed E-state index contributed by atoms with van der Waals surface area (Å²) < 4.78 is 26.5. The fraction of sp³-hybridized carbons (Fsp3) is 0.0952. The topological polar surface area (TPSA) is 66.1 Å². The molecule has 2 aromatic carbocycles. The molecule has 0 unspecified atom stereocenters. The molecule has 0 aliphatic heterocycles. The van der Waals surface area contributed by atoms with Gasteiger partial charge in [-0.25, -0.2) is 12.7 Å². The van der Waals surface area contributed by atoms with Gasteiger partial charge in [0.25, 0.3) is 0 Å². The number of sulfonamides is 1. The fourth-order valence-electron chi connectivity index (χ4n) is 3.08. The van der Waals surface area contributed by atoms with Gasteiger partial charge in [-0.1, -0.05) is 30.3 Å². The highest BCUT2D eigenvalue weighted by atomic mass is 32.2. The number of hydrogen-bond acceptors (Lipinski definition) is 3. The monoisotopic (exact) mass is 377 g/mol. The van der Waals surface area contributed by atoms with Crippen LogP contribution in [0.4, 0.5) is 0 Å². The molecule has 5 nitrogen and oxygen atoms in total. The van der Waals surface area contributed by atoms with E-state index < -0.39 is 10.0 Å². The first-order valence-corrected chi connectivity index (χ1v) is 9.97. The maximum Gasteiger partial charge on any atom is 0.242 e. The highest BCUT2D eigenvalue weighted by Crippen LogP contribution is 2.34. The van der Waals surface area contributed by atoms with Gasteiger partial charge in [-0.05, 0) is 36.4 Å². The van der Waals surface area contributed by atoms with Crippen molar-refractivity contribution in [3.8, 4) is 22.5 Å². The number of fused-ring (bicyclic) bond motifs is 1. The van der Waals surface area contributed by atoms with E-state index >= 15 is 0 Å². The Morgan fingerprint density at radius 1 is 0.889 bits per heavy atom. The van der Waals surface area contributed by atoms with Crippen LogP contribution < -0.4 is 0 Å². The molecule has 27 heavy (non-hydrogen) atoms. The van der Waals surface area contributed by atoms with E-state index in [-0.39, 0.29) is 4.90 Å². The summed E-state index contributed by atoms with van der Waals surface area (Å²) in [6.45, 7) is 0. The predicted molar refractivity (Wildman–Crippen MR) is 108 cm³/mol. The number of hydrogen-bond donors (Lipinski definition) is 1. The van der Waals surface area contributed by atoms with E-state index in [0.29, 0.717) is 0 Å². The van der Waals surface area contributed by atoms with Gasteiger partial charge in [0.2, 0.25) is 10.0 Å². The first kappa shape index (κ1) is 17.5. The molecule has 4 rings (SSSR count). The van der Waals surface area contributed by atoms with Crippen molar-refractivity contribution in [1.29, 1.82) is 0 Å². The van der Waals surface area contributed by atoms with E-state index in [1.165, 1.54) is 18.4 Å². The first-order chi connectivity index (χ1) is 13.0. The molecule has 2 aromatic heterocycles. The highest BCUT2D eigenvalue weighted by Gasteiger charge is 2.20. The molecular weight excluding hydrogens is 358 g/mol. The van der Waals surface area contributed by atoms with E-state index in [1.54, 1.807) is 18.3 Å². The molecule has 136 valence electrons. The number of nitrogens with one attached hydrogen (secondary N) is 1. The molecule has 0 aliphatic carbocycles. The molecule has 4 aromatic rings. The Morgan fingerprint density at radius 2 is 1.67 bits per heavy atom. The molecule has 0 radical (unpaired) electrons. The van der Waals surface area contributed by atoms with Crippen molar-refractivity contribution in [2.45, 2.75) is 4.90 Å².